The minimum Gasteiger partial charge on any atom is -0.490 e. The zero-order valence-corrected chi connectivity index (χ0v) is 15.7. The highest BCUT2D eigenvalue weighted by Gasteiger charge is 2.12. The molecule has 1 aromatic heterocycles. The number of carbonyl (C=O) groups excluding carboxylic acids is 1. The molecule has 0 saturated carbocycles. The number of nitrogens with one attached hydrogen (secondary N) is 2. The molecule has 2 aromatic rings. The van der Waals surface area contributed by atoms with Crippen molar-refractivity contribution in [3.8, 4) is 5.75 Å². The third-order valence-electron chi connectivity index (χ3n) is 4.17. The van der Waals surface area contributed by atoms with Crippen molar-refractivity contribution in [2.75, 3.05) is 50.1 Å². The van der Waals surface area contributed by atoms with E-state index < -0.39 is 6.03 Å². The summed E-state index contributed by atoms with van der Waals surface area (Å²) in [5.41, 5.74) is 2.44. The van der Waals surface area contributed by atoms with Gasteiger partial charge in [0.25, 0.3) is 0 Å². The van der Waals surface area contributed by atoms with Gasteiger partial charge in [-0.05, 0) is 31.5 Å². The fraction of sp³-hybridized carbons (Fsp3) is 0.421. The number of nitrogens with zero attached hydrogens (tertiary/aromatic N) is 3. The molecule has 144 valence electrons. The minimum atomic E-state index is -0.392. The maximum absolute atomic E-state index is 12.3. The van der Waals surface area contributed by atoms with Gasteiger partial charge in [-0.2, -0.15) is 0 Å². The second-order valence-corrected chi connectivity index (χ2v) is 6.42. The van der Waals surface area contributed by atoms with Gasteiger partial charge in [-0.1, -0.05) is 6.07 Å². The number of amides is 2. The van der Waals surface area contributed by atoms with Gasteiger partial charge in [0, 0.05) is 19.6 Å². The number of aromatic nitrogens is 2. The largest absolute Gasteiger partial charge is 0.490 e. The van der Waals surface area contributed by atoms with E-state index in [2.05, 4.69) is 25.5 Å². The summed E-state index contributed by atoms with van der Waals surface area (Å²) in [6.45, 7) is 8.53. The predicted octanol–water partition coefficient (Wildman–Crippen LogP) is 2.45. The van der Waals surface area contributed by atoms with Crippen molar-refractivity contribution in [1.29, 1.82) is 0 Å². The minimum absolute atomic E-state index is 0.389. The Kier molecular flexibility index (Phi) is 6.56. The van der Waals surface area contributed by atoms with Crippen molar-refractivity contribution in [2.45, 2.75) is 13.8 Å². The van der Waals surface area contributed by atoms with Gasteiger partial charge in [-0.25, -0.2) is 9.78 Å². The number of carbonyl (C=O) groups is 1. The van der Waals surface area contributed by atoms with Crippen LogP contribution in [0.1, 0.15) is 11.3 Å². The van der Waals surface area contributed by atoms with E-state index in [1.54, 1.807) is 6.20 Å². The molecule has 3 rings (SSSR count). The van der Waals surface area contributed by atoms with Crippen LogP contribution in [0.3, 0.4) is 0 Å². The second kappa shape index (κ2) is 9.29. The molecule has 0 atom stereocenters. The number of aryl methyl sites for hydroxylation is 2. The number of rotatable bonds is 6. The molecule has 2 amide bonds. The lowest BCUT2D eigenvalue weighted by molar-refractivity contribution is 0.0323. The number of anilines is 2. The number of hydrogen-bond acceptors (Lipinski definition) is 6. The fourth-order valence-electron chi connectivity index (χ4n) is 2.70. The maximum atomic E-state index is 12.3. The van der Waals surface area contributed by atoms with Crippen molar-refractivity contribution in [2.24, 2.45) is 0 Å². The van der Waals surface area contributed by atoms with Crippen LogP contribution in [0.15, 0.2) is 30.6 Å². The summed E-state index contributed by atoms with van der Waals surface area (Å²) < 4.78 is 11.3. The highest BCUT2D eigenvalue weighted by Crippen LogP contribution is 2.26. The van der Waals surface area contributed by atoms with Gasteiger partial charge in [0.1, 0.15) is 12.4 Å². The van der Waals surface area contributed by atoms with Crippen LogP contribution in [-0.4, -0.2) is 60.4 Å². The number of morpholine rings is 1. The number of benzene rings is 1. The third-order valence-corrected chi connectivity index (χ3v) is 4.17. The van der Waals surface area contributed by atoms with Crippen LogP contribution < -0.4 is 15.4 Å². The highest BCUT2D eigenvalue weighted by molar-refractivity contribution is 6.00. The van der Waals surface area contributed by atoms with Crippen molar-refractivity contribution >= 4 is 17.5 Å². The number of hydrogen-bond donors (Lipinski definition) is 2. The van der Waals surface area contributed by atoms with Crippen LogP contribution in [0.25, 0.3) is 0 Å². The Morgan fingerprint density at radius 2 is 2.00 bits per heavy atom. The van der Waals surface area contributed by atoms with E-state index in [0.717, 1.165) is 44.1 Å². The molecular formula is C19H25N5O3. The molecular weight excluding hydrogens is 346 g/mol. The van der Waals surface area contributed by atoms with Gasteiger partial charge in [0.2, 0.25) is 0 Å². The number of urea groups is 1. The van der Waals surface area contributed by atoms with Gasteiger partial charge in [0.05, 0.1) is 37.0 Å². The van der Waals surface area contributed by atoms with Gasteiger partial charge in [-0.15, -0.1) is 0 Å². The van der Waals surface area contributed by atoms with E-state index in [0.29, 0.717) is 23.9 Å². The Morgan fingerprint density at radius 1 is 1.19 bits per heavy atom. The molecule has 0 aliphatic carbocycles. The summed E-state index contributed by atoms with van der Waals surface area (Å²) in [6.07, 6.45) is 3.12. The molecule has 1 aliphatic heterocycles. The van der Waals surface area contributed by atoms with Gasteiger partial charge in [0.15, 0.2) is 5.82 Å². The summed E-state index contributed by atoms with van der Waals surface area (Å²) in [5, 5.41) is 5.50. The van der Waals surface area contributed by atoms with E-state index in [4.69, 9.17) is 9.47 Å². The van der Waals surface area contributed by atoms with E-state index in [-0.39, 0.29) is 0 Å². The van der Waals surface area contributed by atoms with Crippen LogP contribution in [0.4, 0.5) is 16.3 Å². The summed E-state index contributed by atoms with van der Waals surface area (Å²) in [4.78, 5) is 22.8. The van der Waals surface area contributed by atoms with Crippen LogP contribution in [0.5, 0.6) is 5.75 Å². The molecule has 2 N–H and O–H groups in total. The summed E-state index contributed by atoms with van der Waals surface area (Å²) in [5.74, 6) is 1.03. The normalized spacial score (nSPS) is 14.6. The van der Waals surface area contributed by atoms with Gasteiger partial charge >= 0.3 is 6.03 Å². The van der Waals surface area contributed by atoms with Gasteiger partial charge in [-0.3, -0.25) is 15.2 Å². The summed E-state index contributed by atoms with van der Waals surface area (Å²) in [6, 6.07) is 5.32. The lowest BCUT2D eigenvalue weighted by Crippen LogP contribution is -2.38. The third kappa shape index (κ3) is 5.90. The topological polar surface area (TPSA) is 88.6 Å². The Balaban J connectivity index is 1.57. The zero-order chi connectivity index (χ0) is 19.1. The van der Waals surface area contributed by atoms with Crippen LogP contribution in [-0.2, 0) is 4.74 Å². The van der Waals surface area contributed by atoms with Crippen molar-refractivity contribution in [1.82, 2.24) is 14.9 Å². The Morgan fingerprint density at radius 3 is 2.74 bits per heavy atom. The molecule has 0 radical (unpaired) electrons. The molecule has 1 aliphatic rings. The Hall–Kier alpha value is -2.71. The average molecular weight is 371 g/mol. The van der Waals surface area contributed by atoms with E-state index in [1.165, 1.54) is 6.20 Å². The molecule has 0 spiro atoms. The molecule has 2 heterocycles. The highest BCUT2D eigenvalue weighted by atomic mass is 16.5. The van der Waals surface area contributed by atoms with E-state index >= 15 is 0 Å². The summed E-state index contributed by atoms with van der Waals surface area (Å²) in [7, 11) is 0. The van der Waals surface area contributed by atoms with Crippen molar-refractivity contribution in [3.63, 3.8) is 0 Å². The van der Waals surface area contributed by atoms with Crippen molar-refractivity contribution < 1.29 is 14.3 Å². The SMILES string of the molecule is Cc1ccc(OCCN2CCOCC2)c(NC(=O)Nc2cnc(C)cn2)c1. The number of ether oxygens (including phenoxy) is 2. The van der Waals surface area contributed by atoms with Crippen LogP contribution in [0.2, 0.25) is 0 Å². The van der Waals surface area contributed by atoms with E-state index in [1.807, 2.05) is 32.0 Å². The molecule has 1 saturated heterocycles. The molecule has 1 fully saturated rings. The maximum Gasteiger partial charge on any atom is 0.324 e. The molecule has 1 aromatic carbocycles. The molecule has 0 unspecified atom stereocenters. The van der Waals surface area contributed by atoms with Crippen molar-refractivity contribution in [3.05, 3.63) is 41.9 Å². The molecule has 8 nitrogen and oxygen atoms in total. The second-order valence-electron chi connectivity index (χ2n) is 6.42. The quantitative estimate of drug-likeness (QED) is 0.811. The zero-order valence-electron chi connectivity index (χ0n) is 15.7. The monoisotopic (exact) mass is 371 g/mol. The molecule has 27 heavy (non-hydrogen) atoms. The van der Waals surface area contributed by atoms with E-state index in [9.17, 15) is 4.79 Å². The predicted molar refractivity (Wildman–Crippen MR) is 103 cm³/mol. The summed E-state index contributed by atoms with van der Waals surface area (Å²) >= 11 is 0. The molecule has 8 heteroatoms. The lowest BCUT2D eigenvalue weighted by Gasteiger charge is -2.26. The Labute approximate surface area is 158 Å². The van der Waals surface area contributed by atoms with Crippen LogP contribution in [0, 0.1) is 13.8 Å². The first-order valence-electron chi connectivity index (χ1n) is 9.00. The first-order valence-corrected chi connectivity index (χ1v) is 9.00. The average Bonchev–Trinajstić information content (AvgIpc) is 2.66. The standard InChI is InChI=1S/C19H25N5O3/c1-14-3-4-17(27-10-7-24-5-8-26-9-6-24)16(11-14)22-19(25)23-18-13-20-15(2)12-21-18/h3-4,11-13H,5-10H2,1-2H3,(H2,21,22,23,25). The fourth-order valence-corrected chi connectivity index (χ4v) is 2.70. The van der Waals surface area contributed by atoms with Gasteiger partial charge < -0.3 is 14.8 Å². The lowest BCUT2D eigenvalue weighted by atomic mass is 10.2. The van der Waals surface area contributed by atoms with Crippen LogP contribution >= 0.6 is 0 Å². The molecule has 0 bridgehead atoms. The first kappa shape index (κ1) is 19.1. The smallest absolute Gasteiger partial charge is 0.324 e. The Bertz CT molecular complexity index is 760. The first-order chi connectivity index (χ1) is 13.1.